The average molecular weight is 263 g/mol. The molecule has 0 fully saturated rings. The van der Waals surface area contributed by atoms with Gasteiger partial charge in [0.15, 0.2) is 0 Å². The normalized spacial score (nSPS) is 14.4. The quantitative estimate of drug-likeness (QED) is 0.840. The van der Waals surface area contributed by atoms with Crippen molar-refractivity contribution in [2.75, 3.05) is 6.61 Å². The van der Waals surface area contributed by atoms with Gasteiger partial charge in [0.1, 0.15) is 5.75 Å². The van der Waals surface area contributed by atoms with Crippen LogP contribution < -0.4 is 10.1 Å². The lowest BCUT2D eigenvalue weighted by Crippen LogP contribution is -2.26. The molecular formula is C14H17NO4. The second-order valence-electron chi connectivity index (χ2n) is 4.76. The van der Waals surface area contributed by atoms with E-state index < -0.39 is 11.9 Å². The molecule has 1 aromatic carbocycles. The third-order valence-electron chi connectivity index (χ3n) is 3.16. The van der Waals surface area contributed by atoms with Crippen LogP contribution in [0.2, 0.25) is 0 Å². The fourth-order valence-corrected chi connectivity index (χ4v) is 1.99. The molecule has 0 radical (unpaired) electrons. The summed E-state index contributed by atoms with van der Waals surface area (Å²) in [5.74, 6) is -0.945. The number of benzene rings is 1. The molecule has 19 heavy (non-hydrogen) atoms. The number of nitrogens with one attached hydrogen (secondary N) is 1. The fraction of sp³-hybridized carbons (Fsp3) is 0.429. The van der Waals surface area contributed by atoms with Crippen molar-refractivity contribution in [1.29, 1.82) is 0 Å². The van der Waals surface area contributed by atoms with Crippen LogP contribution in [0.3, 0.4) is 0 Å². The Bertz CT molecular complexity index is 498. The SMILES string of the molecule is CC(CC(=O)NCc1ccc2c(c1)CCO2)C(=O)O. The Labute approximate surface area is 111 Å². The highest BCUT2D eigenvalue weighted by atomic mass is 16.5. The Balaban J connectivity index is 1.85. The molecule has 1 atom stereocenters. The van der Waals surface area contributed by atoms with Crippen LogP contribution in [-0.2, 0) is 22.6 Å². The first kappa shape index (κ1) is 13.4. The smallest absolute Gasteiger partial charge is 0.306 e. The predicted octanol–water partition coefficient (Wildman–Crippen LogP) is 1.35. The monoisotopic (exact) mass is 263 g/mol. The number of hydrogen-bond acceptors (Lipinski definition) is 3. The standard InChI is InChI=1S/C14H17NO4/c1-9(14(17)18)6-13(16)15-8-10-2-3-12-11(7-10)4-5-19-12/h2-3,7,9H,4-6,8H2,1H3,(H,15,16)(H,17,18). The lowest BCUT2D eigenvalue weighted by Gasteiger charge is -2.08. The molecule has 102 valence electrons. The van der Waals surface area contributed by atoms with E-state index >= 15 is 0 Å². The van der Waals surface area contributed by atoms with Gasteiger partial charge in [-0.15, -0.1) is 0 Å². The first-order valence-electron chi connectivity index (χ1n) is 6.30. The van der Waals surface area contributed by atoms with Gasteiger partial charge < -0.3 is 15.2 Å². The number of ether oxygens (including phenoxy) is 1. The van der Waals surface area contributed by atoms with E-state index in [1.807, 2.05) is 18.2 Å². The van der Waals surface area contributed by atoms with E-state index in [1.165, 1.54) is 6.92 Å². The molecule has 0 saturated heterocycles. The molecule has 0 aliphatic carbocycles. The van der Waals surface area contributed by atoms with Gasteiger partial charge in [-0.2, -0.15) is 0 Å². The van der Waals surface area contributed by atoms with Crippen molar-refractivity contribution in [3.63, 3.8) is 0 Å². The van der Waals surface area contributed by atoms with Gasteiger partial charge in [-0.1, -0.05) is 19.1 Å². The highest BCUT2D eigenvalue weighted by molar-refractivity contribution is 5.81. The van der Waals surface area contributed by atoms with Gasteiger partial charge in [0, 0.05) is 19.4 Å². The zero-order valence-corrected chi connectivity index (χ0v) is 10.8. The highest BCUT2D eigenvalue weighted by Crippen LogP contribution is 2.25. The number of aliphatic carboxylic acids is 1. The molecule has 5 heteroatoms. The number of carboxylic acids is 1. The third kappa shape index (κ3) is 3.47. The van der Waals surface area contributed by atoms with E-state index in [0.717, 1.165) is 23.3 Å². The Hall–Kier alpha value is -2.04. The zero-order valence-electron chi connectivity index (χ0n) is 10.8. The Morgan fingerprint density at radius 2 is 2.26 bits per heavy atom. The Morgan fingerprint density at radius 3 is 3.00 bits per heavy atom. The zero-order chi connectivity index (χ0) is 13.8. The number of carboxylic acid groups (broad SMARTS) is 1. The summed E-state index contributed by atoms with van der Waals surface area (Å²) in [4.78, 5) is 22.2. The molecule has 2 N–H and O–H groups in total. The van der Waals surface area contributed by atoms with Gasteiger partial charge in [-0.3, -0.25) is 9.59 Å². The summed E-state index contributed by atoms with van der Waals surface area (Å²) in [6.07, 6.45) is 0.899. The van der Waals surface area contributed by atoms with Crippen molar-refractivity contribution in [2.24, 2.45) is 5.92 Å². The molecule has 1 unspecified atom stereocenters. The minimum Gasteiger partial charge on any atom is -0.493 e. The summed E-state index contributed by atoms with van der Waals surface area (Å²) < 4.78 is 5.41. The van der Waals surface area contributed by atoms with Crippen molar-refractivity contribution in [3.8, 4) is 5.75 Å². The predicted molar refractivity (Wildman–Crippen MR) is 68.9 cm³/mol. The molecule has 5 nitrogen and oxygen atoms in total. The topological polar surface area (TPSA) is 75.6 Å². The van der Waals surface area contributed by atoms with Gasteiger partial charge in [0.05, 0.1) is 12.5 Å². The summed E-state index contributed by atoms with van der Waals surface area (Å²) >= 11 is 0. The molecule has 1 aliphatic heterocycles. The van der Waals surface area contributed by atoms with Gasteiger partial charge in [0.25, 0.3) is 0 Å². The maximum atomic E-state index is 11.6. The van der Waals surface area contributed by atoms with Crippen LogP contribution in [0.1, 0.15) is 24.5 Å². The minimum absolute atomic E-state index is 0.00336. The lowest BCUT2D eigenvalue weighted by molar-refractivity contribution is -0.143. The number of carbonyl (C=O) groups excluding carboxylic acids is 1. The van der Waals surface area contributed by atoms with Crippen molar-refractivity contribution in [1.82, 2.24) is 5.32 Å². The maximum absolute atomic E-state index is 11.6. The van der Waals surface area contributed by atoms with Crippen LogP contribution in [0, 0.1) is 5.92 Å². The third-order valence-corrected chi connectivity index (χ3v) is 3.16. The van der Waals surface area contributed by atoms with Crippen molar-refractivity contribution in [3.05, 3.63) is 29.3 Å². The van der Waals surface area contributed by atoms with Gasteiger partial charge in [-0.25, -0.2) is 0 Å². The molecule has 0 saturated carbocycles. The molecule has 0 aromatic heterocycles. The van der Waals surface area contributed by atoms with Crippen molar-refractivity contribution >= 4 is 11.9 Å². The number of amides is 1. The van der Waals surface area contributed by atoms with Crippen molar-refractivity contribution in [2.45, 2.75) is 26.3 Å². The summed E-state index contributed by atoms with van der Waals surface area (Å²) in [5.41, 5.74) is 2.16. The summed E-state index contributed by atoms with van der Waals surface area (Å²) in [6, 6.07) is 5.83. The highest BCUT2D eigenvalue weighted by Gasteiger charge is 2.16. The Morgan fingerprint density at radius 1 is 1.47 bits per heavy atom. The molecule has 0 bridgehead atoms. The lowest BCUT2D eigenvalue weighted by atomic mass is 10.1. The van der Waals surface area contributed by atoms with Gasteiger partial charge >= 0.3 is 5.97 Å². The van der Waals surface area contributed by atoms with Crippen LogP contribution in [0.5, 0.6) is 5.75 Å². The maximum Gasteiger partial charge on any atom is 0.306 e. The van der Waals surface area contributed by atoms with E-state index in [1.54, 1.807) is 0 Å². The second kappa shape index (κ2) is 5.73. The average Bonchev–Trinajstić information content (AvgIpc) is 2.83. The van der Waals surface area contributed by atoms with Crippen LogP contribution in [0.15, 0.2) is 18.2 Å². The van der Waals surface area contributed by atoms with Gasteiger partial charge in [0.2, 0.25) is 5.91 Å². The number of carbonyl (C=O) groups is 2. The van der Waals surface area contributed by atoms with E-state index in [9.17, 15) is 9.59 Å². The van der Waals surface area contributed by atoms with E-state index in [2.05, 4.69) is 5.32 Å². The molecule has 1 heterocycles. The van der Waals surface area contributed by atoms with E-state index in [0.29, 0.717) is 13.2 Å². The van der Waals surface area contributed by atoms with Crippen LogP contribution in [0.25, 0.3) is 0 Å². The first-order chi connectivity index (χ1) is 9.06. The van der Waals surface area contributed by atoms with Crippen molar-refractivity contribution < 1.29 is 19.4 Å². The summed E-state index contributed by atoms with van der Waals surface area (Å²) in [5, 5.41) is 11.5. The number of rotatable bonds is 5. The van der Waals surface area contributed by atoms with E-state index in [-0.39, 0.29) is 12.3 Å². The van der Waals surface area contributed by atoms with Crippen LogP contribution in [-0.4, -0.2) is 23.6 Å². The molecule has 1 aromatic rings. The van der Waals surface area contributed by atoms with Crippen LogP contribution >= 0.6 is 0 Å². The molecular weight excluding hydrogens is 246 g/mol. The largest absolute Gasteiger partial charge is 0.493 e. The second-order valence-corrected chi connectivity index (χ2v) is 4.76. The molecule has 2 rings (SSSR count). The van der Waals surface area contributed by atoms with Gasteiger partial charge in [-0.05, 0) is 17.2 Å². The fourth-order valence-electron chi connectivity index (χ4n) is 1.99. The first-order valence-corrected chi connectivity index (χ1v) is 6.30. The minimum atomic E-state index is -0.954. The Kier molecular flexibility index (Phi) is 4.04. The number of fused-ring (bicyclic) bond motifs is 1. The van der Waals surface area contributed by atoms with Crippen LogP contribution in [0.4, 0.5) is 0 Å². The molecule has 0 spiro atoms. The number of hydrogen-bond donors (Lipinski definition) is 2. The summed E-state index contributed by atoms with van der Waals surface area (Å²) in [6.45, 7) is 2.65. The molecule has 1 aliphatic rings. The summed E-state index contributed by atoms with van der Waals surface area (Å²) in [7, 11) is 0. The molecule has 1 amide bonds. The van der Waals surface area contributed by atoms with E-state index in [4.69, 9.17) is 9.84 Å².